The Bertz CT molecular complexity index is 649. The molecule has 4 aliphatic carbocycles. The van der Waals surface area contributed by atoms with Crippen molar-refractivity contribution in [2.45, 2.75) is 45.4 Å². The van der Waals surface area contributed by atoms with Crippen LogP contribution in [0, 0.1) is 23.2 Å². The Kier molecular flexibility index (Phi) is 4.62. The molecule has 1 aromatic rings. The summed E-state index contributed by atoms with van der Waals surface area (Å²) >= 11 is 0. The fraction of sp³-hybridized carbons (Fsp3) is 0.682. The van der Waals surface area contributed by atoms with Crippen LogP contribution in [-0.4, -0.2) is 38.1 Å². The summed E-state index contributed by atoms with van der Waals surface area (Å²) in [5.41, 5.74) is 1.05. The molecular weight excluding hydrogens is 326 g/mol. The van der Waals surface area contributed by atoms with Gasteiger partial charge in [0.1, 0.15) is 0 Å². The van der Waals surface area contributed by atoms with Crippen LogP contribution in [0.5, 0.6) is 11.5 Å². The molecule has 0 aliphatic heterocycles. The van der Waals surface area contributed by atoms with Crippen molar-refractivity contribution in [3.8, 4) is 11.5 Å². The molecule has 0 spiro atoms. The minimum absolute atomic E-state index is 0.0853. The van der Waals surface area contributed by atoms with E-state index in [2.05, 4.69) is 0 Å². The molecule has 142 valence electrons. The molecule has 0 aromatic heterocycles. The van der Waals surface area contributed by atoms with Gasteiger partial charge in [-0.05, 0) is 86.8 Å². The van der Waals surface area contributed by atoms with Gasteiger partial charge in [-0.1, -0.05) is 0 Å². The van der Waals surface area contributed by atoms with Crippen molar-refractivity contribution in [1.29, 1.82) is 0 Å². The Labute approximate surface area is 156 Å². The molecule has 4 heteroatoms. The van der Waals surface area contributed by atoms with Crippen molar-refractivity contribution < 1.29 is 14.3 Å². The van der Waals surface area contributed by atoms with Crippen molar-refractivity contribution in [3.05, 3.63) is 23.8 Å². The molecule has 4 aliphatic rings. The number of ether oxygens (including phenoxy) is 2. The Morgan fingerprint density at radius 1 is 1.12 bits per heavy atom. The first-order valence-electron chi connectivity index (χ1n) is 10.1. The van der Waals surface area contributed by atoms with Crippen LogP contribution >= 0.6 is 0 Å². The first-order valence-corrected chi connectivity index (χ1v) is 10.1. The third-order valence-electron chi connectivity index (χ3n) is 6.79. The summed E-state index contributed by atoms with van der Waals surface area (Å²) in [5, 5.41) is 0. The van der Waals surface area contributed by atoms with Crippen LogP contribution in [0.3, 0.4) is 0 Å². The quantitative estimate of drug-likeness (QED) is 0.758. The zero-order valence-corrected chi connectivity index (χ0v) is 16.3. The first kappa shape index (κ1) is 17.7. The molecule has 0 radical (unpaired) electrons. The highest BCUT2D eigenvalue weighted by molar-refractivity contribution is 5.94. The number of methoxy groups -OCH3 is 1. The van der Waals surface area contributed by atoms with E-state index in [0.717, 1.165) is 24.3 Å². The molecular formula is C22H31NO3. The third kappa shape index (κ3) is 3.19. The van der Waals surface area contributed by atoms with E-state index >= 15 is 0 Å². The molecule has 5 rings (SSSR count). The zero-order valence-electron chi connectivity index (χ0n) is 16.3. The van der Waals surface area contributed by atoms with Crippen molar-refractivity contribution >= 4 is 5.91 Å². The van der Waals surface area contributed by atoms with Gasteiger partial charge in [-0.25, -0.2) is 0 Å². The average molecular weight is 357 g/mol. The largest absolute Gasteiger partial charge is 0.493 e. The third-order valence-corrected chi connectivity index (χ3v) is 6.79. The molecule has 26 heavy (non-hydrogen) atoms. The second kappa shape index (κ2) is 6.79. The van der Waals surface area contributed by atoms with Crippen LogP contribution < -0.4 is 9.47 Å². The molecule has 1 amide bonds. The predicted molar refractivity (Wildman–Crippen MR) is 102 cm³/mol. The maximum atomic E-state index is 13.0. The SMILES string of the molecule is CCOc1ccc(C(=O)N(C)CC23CC4CC(CC(C4)C2)C3)cc1OC. The molecule has 0 N–H and O–H groups in total. The van der Waals surface area contributed by atoms with Crippen LogP contribution in [0.4, 0.5) is 0 Å². The van der Waals surface area contributed by atoms with Gasteiger partial charge < -0.3 is 14.4 Å². The highest BCUT2D eigenvalue weighted by Crippen LogP contribution is 2.60. The number of benzene rings is 1. The number of carbonyl (C=O) groups is 1. The molecule has 0 saturated heterocycles. The van der Waals surface area contributed by atoms with Gasteiger partial charge in [-0.2, -0.15) is 0 Å². The van der Waals surface area contributed by atoms with Crippen LogP contribution in [-0.2, 0) is 0 Å². The molecule has 0 unspecified atom stereocenters. The molecule has 4 nitrogen and oxygen atoms in total. The minimum Gasteiger partial charge on any atom is -0.493 e. The standard InChI is InChI=1S/C22H31NO3/c1-4-26-19-6-5-18(10-20(19)25-3)21(24)23(2)14-22-11-15-7-16(12-22)9-17(8-15)13-22/h5-6,10,15-17H,4,7-9,11-14H2,1-3H3. The van der Waals surface area contributed by atoms with Gasteiger partial charge in [0, 0.05) is 19.2 Å². The molecule has 0 heterocycles. The number of carbonyl (C=O) groups excluding carboxylic acids is 1. The van der Waals surface area contributed by atoms with E-state index in [1.165, 1.54) is 38.5 Å². The lowest BCUT2D eigenvalue weighted by molar-refractivity contribution is -0.0629. The summed E-state index contributed by atoms with van der Waals surface area (Å²) in [6, 6.07) is 5.50. The van der Waals surface area contributed by atoms with Crippen molar-refractivity contribution in [3.63, 3.8) is 0 Å². The topological polar surface area (TPSA) is 38.8 Å². The minimum atomic E-state index is 0.0853. The van der Waals surface area contributed by atoms with E-state index in [1.807, 2.05) is 37.1 Å². The Morgan fingerprint density at radius 3 is 2.27 bits per heavy atom. The van der Waals surface area contributed by atoms with Gasteiger partial charge >= 0.3 is 0 Å². The van der Waals surface area contributed by atoms with Crippen molar-refractivity contribution in [1.82, 2.24) is 4.90 Å². The van der Waals surface area contributed by atoms with Gasteiger partial charge in [0.05, 0.1) is 13.7 Å². The molecule has 1 aromatic carbocycles. The maximum Gasteiger partial charge on any atom is 0.253 e. The normalized spacial score (nSPS) is 31.7. The Hall–Kier alpha value is -1.71. The Morgan fingerprint density at radius 2 is 1.73 bits per heavy atom. The summed E-state index contributed by atoms with van der Waals surface area (Å²) in [6.07, 6.45) is 8.28. The highest BCUT2D eigenvalue weighted by atomic mass is 16.5. The van der Waals surface area contributed by atoms with Crippen LogP contribution in [0.1, 0.15) is 55.8 Å². The van der Waals surface area contributed by atoms with Crippen LogP contribution in [0.2, 0.25) is 0 Å². The van der Waals surface area contributed by atoms with E-state index in [4.69, 9.17) is 9.47 Å². The van der Waals surface area contributed by atoms with E-state index in [0.29, 0.717) is 29.1 Å². The fourth-order valence-corrected chi connectivity index (χ4v) is 6.35. The van der Waals surface area contributed by atoms with Crippen LogP contribution in [0.25, 0.3) is 0 Å². The summed E-state index contributed by atoms with van der Waals surface area (Å²) in [5.74, 6) is 4.14. The summed E-state index contributed by atoms with van der Waals surface area (Å²) in [4.78, 5) is 15.0. The first-order chi connectivity index (χ1) is 12.5. The van der Waals surface area contributed by atoms with Gasteiger partial charge in [0.15, 0.2) is 11.5 Å². The lowest BCUT2D eigenvalue weighted by Gasteiger charge is -2.57. The predicted octanol–water partition coefficient (Wildman–Crippen LogP) is 4.38. The second-order valence-electron chi connectivity index (χ2n) is 8.88. The molecule has 4 bridgehead atoms. The van der Waals surface area contributed by atoms with Crippen molar-refractivity contribution in [2.24, 2.45) is 23.2 Å². The average Bonchev–Trinajstić information content (AvgIpc) is 2.60. The van der Waals surface area contributed by atoms with E-state index in [1.54, 1.807) is 7.11 Å². The van der Waals surface area contributed by atoms with Gasteiger partial charge in [0.2, 0.25) is 0 Å². The van der Waals surface area contributed by atoms with E-state index in [-0.39, 0.29) is 5.91 Å². The lowest BCUT2D eigenvalue weighted by atomic mass is 9.49. The highest BCUT2D eigenvalue weighted by Gasteiger charge is 2.51. The van der Waals surface area contributed by atoms with Gasteiger partial charge in [-0.3, -0.25) is 4.79 Å². The molecule has 4 fully saturated rings. The second-order valence-corrected chi connectivity index (χ2v) is 8.88. The number of rotatable bonds is 6. The zero-order chi connectivity index (χ0) is 18.3. The van der Waals surface area contributed by atoms with Crippen LogP contribution in [0.15, 0.2) is 18.2 Å². The van der Waals surface area contributed by atoms with Gasteiger partial charge in [0.25, 0.3) is 5.91 Å². The van der Waals surface area contributed by atoms with Gasteiger partial charge in [-0.15, -0.1) is 0 Å². The molecule has 4 saturated carbocycles. The van der Waals surface area contributed by atoms with Crippen molar-refractivity contribution in [2.75, 3.05) is 27.3 Å². The number of hydrogen-bond acceptors (Lipinski definition) is 3. The smallest absolute Gasteiger partial charge is 0.253 e. The summed E-state index contributed by atoms with van der Waals surface area (Å²) in [7, 11) is 3.58. The number of amides is 1. The Balaban J connectivity index is 1.48. The summed E-state index contributed by atoms with van der Waals surface area (Å²) in [6.45, 7) is 3.41. The van der Waals surface area contributed by atoms with E-state index < -0.39 is 0 Å². The summed E-state index contributed by atoms with van der Waals surface area (Å²) < 4.78 is 11.0. The monoisotopic (exact) mass is 357 g/mol. The maximum absolute atomic E-state index is 13.0. The molecule has 0 atom stereocenters. The van der Waals surface area contributed by atoms with E-state index in [9.17, 15) is 4.79 Å². The number of nitrogens with zero attached hydrogens (tertiary/aromatic N) is 1. The lowest BCUT2D eigenvalue weighted by Crippen LogP contribution is -2.51. The number of hydrogen-bond donors (Lipinski definition) is 0. The fourth-order valence-electron chi connectivity index (χ4n) is 6.35.